The fourth-order valence-electron chi connectivity index (χ4n) is 2.65. The molecule has 128 valence electrons. The van der Waals surface area contributed by atoms with Crippen molar-refractivity contribution in [2.45, 2.75) is 18.6 Å². The normalized spacial score (nSPS) is 21.4. The van der Waals surface area contributed by atoms with Crippen molar-refractivity contribution in [3.05, 3.63) is 28.8 Å². The highest BCUT2D eigenvalue weighted by Gasteiger charge is 2.32. The lowest BCUT2D eigenvalue weighted by Crippen LogP contribution is -2.43. The van der Waals surface area contributed by atoms with Gasteiger partial charge in [0.15, 0.2) is 0 Å². The van der Waals surface area contributed by atoms with Crippen molar-refractivity contribution >= 4 is 17.5 Å². The van der Waals surface area contributed by atoms with Crippen LogP contribution in [0.4, 0.5) is 0 Å². The second kappa shape index (κ2) is 8.49. The van der Waals surface area contributed by atoms with Crippen molar-refractivity contribution in [1.29, 1.82) is 0 Å². The summed E-state index contributed by atoms with van der Waals surface area (Å²) in [5, 5.41) is 3.55. The van der Waals surface area contributed by atoms with E-state index in [1.54, 1.807) is 25.3 Å². The number of methoxy groups -OCH3 is 1. The van der Waals surface area contributed by atoms with Crippen molar-refractivity contribution in [3.8, 4) is 5.75 Å². The van der Waals surface area contributed by atoms with Crippen LogP contribution < -0.4 is 15.8 Å². The summed E-state index contributed by atoms with van der Waals surface area (Å²) in [4.78, 5) is 14.7. The molecule has 2 atom stereocenters. The van der Waals surface area contributed by atoms with Gasteiger partial charge in [-0.3, -0.25) is 4.79 Å². The number of nitrogens with zero attached hydrogens (tertiary/aromatic N) is 1. The van der Waals surface area contributed by atoms with Gasteiger partial charge in [-0.1, -0.05) is 11.6 Å². The maximum atomic E-state index is 12.6. The summed E-state index contributed by atoms with van der Waals surface area (Å²) in [7, 11) is 3.66. The Morgan fingerprint density at radius 3 is 2.96 bits per heavy atom. The van der Waals surface area contributed by atoms with Crippen molar-refractivity contribution < 1.29 is 14.3 Å². The molecule has 0 saturated carbocycles. The van der Waals surface area contributed by atoms with E-state index >= 15 is 0 Å². The number of ether oxygens (including phenoxy) is 2. The summed E-state index contributed by atoms with van der Waals surface area (Å²) in [5.41, 5.74) is 5.94. The first kappa shape index (κ1) is 18.0. The van der Waals surface area contributed by atoms with Crippen LogP contribution in [0.15, 0.2) is 18.2 Å². The number of likely N-dealkylation sites (tertiary alicyclic amines) is 1. The molecule has 0 bridgehead atoms. The molecular weight excluding hydrogens is 318 g/mol. The largest absolute Gasteiger partial charge is 0.493 e. The zero-order valence-electron chi connectivity index (χ0n) is 13.5. The van der Waals surface area contributed by atoms with Gasteiger partial charge in [0.05, 0.1) is 24.3 Å². The number of hydrogen-bond donors (Lipinski definition) is 2. The van der Waals surface area contributed by atoms with Gasteiger partial charge in [0.25, 0.3) is 5.91 Å². The van der Waals surface area contributed by atoms with Crippen LogP contribution in [0.25, 0.3) is 0 Å². The smallest absolute Gasteiger partial charge is 0.255 e. The predicted octanol–water partition coefficient (Wildman–Crippen LogP) is 1.13. The fourth-order valence-corrected chi connectivity index (χ4v) is 2.82. The number of rotatable bonds is 7. The van der Waals surface area contributed by atoms with Crippen LogP contribution in [0.2, 0.25) is 5.02 Å². The molecule has 6 nitrogen and oxygen atoms in total. The molecular formula is C16H24ClN3O3. The minimum Gasteiger partial charge on any atom is -0.493 e. The SMILES string of the molecule is CO[C@@H]1CN(C)C[C@H]1NC(=O)c1ccc(Cl)cc1OCCCN. The molecule has 1 amide bonds. The average Bonchev–Trinajstić information content (AvgIpc) is 2.87. The molecule has 1 fully saturated rings. The Hall–Kier alpha value is -1.34. The number of benzene rings is 1. The molecule has 0 aromatic heterocycles. The van der Waals surface area contributed by atoms with E-state index < -0.39 is 0 Å². The van der Waals surface area contributed by atoms with Crippen LogP contribution in [-0.4, -0.2) is 63.4 Å². The zero-order valence-corrected chi connectivity index (χ0v) is 14.3. The fraction of sp³-hybridized carbons (Fsp3) is 0.562. The lowest BCUT2D eigenvalue weighted by molar-refractivity contribution is 0.0763. The molecule has 1 heterocycles. The van der Waals surface area contributed by atoms with E-state index in [4.69, 9.17) is 26.8 Å². The molecule has 1 aromatic carbocycles. The van der Waals surface area contributed by atoms with E-state index in [0.717, 1.165) is 13.1 Å². The third-order valence-corrected chi connectivity index (χ3v) is 4.10. The molecule has 23 heavy (non-hydrogen) atoms. The third-order valence-electron chi connectivity index (χ3n) is 3.86. The molecule has 0 spiro atoms. The summed E-state index contributed by atoms with van der Waals surface area (Å²) in [6.45, 7) is 2.53. The molecule has 7 heteroatoms. The molecule has 2 rings (SSSR count). The molecule has 0 unspecified atom stereocenters. The second-order valence-electron chi connectivity index (χ2n) is 5.71. The summed E-state index contributed by atoms with van der Waals surface area (Å²) >= 11 is 6.01. The van der Waals surface area contributed by atoms with Crippen LogP contribution >= 0.6 is 11.6 Å². The van der Waals surface area contributed by atoms with Crippen LogP contribution in [0, 0.1) is 0 Å². The standard InChI is InChI=1S/C16H24ClN3O3/c1-20-9-13(15(10-20)22-2)19-16(21)12-5-4-11(17)8-14(12)23-7-3-6-18/h4-5,8,13,15H,3,6-7,9-10,18H2,1-2H3,(H,19,21)/t13-,15-/m1/s1. The number of likely N-dealkylation sites (N-methyl/N-ethyl adjacent to an activating group) is 1. The van der Waals surface area contributed by atoms with E-state index in [0.29, 0.717) is 35.9 Å². The Morgan fingerprint density at radius 2 is 2.26 bits per heavy atom. The Kier molecular flexibility index (Phi) is 6.65. The number of halogens is 1. The molecule has 0 aliphatic carbocycles. The van der Waals surface area contributed by atoms with Gasteiger partial charge in [-0.05, 0) is 38.2 Å². The topological polar surface area (TPSA) is 76.8 Å². The maximum Gasteiger partial charge on any atom is 0.255 e. The number of hydrogen-bond acceptors (Lipinski definition) is 5. The van der Waals surface area contributed by atoms with Gasteiger partial charge >= 0.3 is 0 Å². The van der Waals surface area contributed by atoms with Crippen LogP contribution in [0.3, 0.4) is 0 Å². The van der Waals surface area contributed by atoms with Crippen molar-refractivity contribution in [1.82, 2.24) is 10.2 Å². The molecule has 1 saturated heterocycles. The van der Waals surface area contributed by atoms with Crippen LogP contribution in [-0.2, 0) is 4.74 Å². The average molecular weight is 342 g/mol. The predicted molar refractivity (Wildman–Crippen MR) is 90.2 cm³/mol. The summed E-state index contributed by atoms with van der Waals surface area (Å²) in [6, 6.07) is 4.96. The second-order valence-corrected chi connectivity index (χ2v) is 6.14. The van der Waals surface area contributed by atoms with Gasteiger partial charge in [-0.15, -0.1) is 0 Å². The van der Waals surface area contributed by atoms with Gasteiger partial charge in [-0.25, -0.2) is 0 Å². The molecule has 1 aromatic rings. The summed E-state index contributed by atoms with van der Waals surface area (Å²) in [6.07, 6.45) is 0.699. The lowest BCUT2D eigenvalue weighted by atomic mass is 10.1. The van der Waals surface area contributed by atoms with Crippen LogP contribution in [0.1, 0.15) is 16.8 Å². The minimum atomic E-state index is -0.188. The van der Waals surface area contributed by atoms with Gasteiger partial charge in [-0.2, -0.15) is 0 Å². The first-order valence-corrected chi connectivity index (χ1v) is 8.07. The molecule has 1 aliphatic rings. The minimum absolute atomic E-state index is 0.0159. The highest BCUT2D eigenvalue weighted by Crippen LogP contribution is 2.24. The number of amides is 1. The van der Waals surface area contributed by atoms with Gasteiger partial charge in [0.1, 0.15) is 5.75 Å². The van der Waals surface area contributed by atoms with E-state index in [1.807, 2.05) is 7.05 Å². The van der Waals surface area contributed by atoms with Crippen LogP contribution in [0.5, 0.6) is 5.75 Å². The van der Waals surface area contributed by atoms with E-state index in [1.165, 1.54) is 0 Å². The summed E-state index contributed by atoms with van der Waals surface area (Å²) in [5.74, 6) is 0.288. The monoisotopic (exact) mass is 341 g/mol. The summed E-state index contributed by atoms with van der Waals surface area (Å²) < 4.78 is 11.1. The van der Waals surface area contributed by atoms with Crippen molar-refractivity contribution in [3.63, 3.8) is 0 Å². The Balaban J connectivity index is 2.09. The molecule has 1 aliphatic heterocycles. The molecule has 0 radical (unpaired) electrons. The van der Waals surface area contributed by atoms with E-state index in [-0.39, 0.29) is 18.1 Å². The Morgan fingerprint density at radius 1 is 1.48 bits per heavy atom. The van der Waals surface area contributed by atoms with Gasteiger partial charge in [0.2, 0.25) is 0 Å². The highest BCUT2D eigenvalue weighted by atomic mass is 35.5. The number of carbonyl (C=O) groups excluding carboxylic acids is 1. The number of carbonyl (C=O) groups is 1. The lowest BCUT2D eigenvalue weighted by Gasteiger charge is -2.19. The Bertz CT molecular complexity index is 541. The van der Waals surface area contributed by atoms with Gasteiger partial charge in [0, 0.05) is 25.2 Å². The maximum absolute atomic E-state index is 12.6. The first-order valence-electron chi connectivity index (χ1n) is 7.69. The van der Waals surface area contributed by atoms with Crippen molar-refractivity contribution in [2.24, 2.45) is 5.73 Å². The van der Waals surface area contributed by atoms with E-state index in [9.17, 15) is 4.79 Å². The number of nitrogens with two attached hydrogens (primary N) is 1. The van der Waals surface area contributed by atoms with Gasteiger partial charge < -0.3 is 25.4 Å². The van der Waals surface area contributed by atoms with E-state index in [2.05, 4.69) is 10.2 Å². The first-order chi connectivity index (χ1) is 11.0. The zero-order chi connectivity index (χ0) is 16.8. The molecule has 3 N–H and O–H groups in total. The number of nitrogens with one attached hydrogen (secondary N) is 1. The third kappa shape index (κ3) is 4.81. The Labute approximate surface area is 141 Å². The van der Waals surface area contributed by atoms with Crippen molar-refractivity contribution in [2.75, 3.05) is 40.4 Å². The highest BCUT2D eigenvalue weighted by molar-refractivity contribution is 6.30. The quantitative estimate of drug-likeness (QED) is 0.727.